The standard InChI is InChI=1S/C13H23NO3S/c1-16-12(15)10-13(2-3-13)11-18-9-6-14-4-7-17-8-5-14/h2-11H2,1H3. The molecule has 18 heavy (non-hydrogen) atoms. The van der Waals surface area contributed by atoms with Crippen LogP contribution in [-0.2, 0) is 14.3 Å². The number of thioether (sulfide) groups is 1. The molecule has 2 fully saturated rings. The number of carbonyl (C=O) groups is 1. The Morgan fingerprint density at radius 3 is 2.72 bits per heavy atom. The number of hydrogen-bond donors (Lipinski definition) is 0. The van der Waals surface area contributed by atoms with Gasteiger partial charge in [0, 0.05) is 25.4 Å². The number of carbonyl (C=O) groups excluding carboxylic acids is 1. The molecular formula is C13H23NO3S. The summed E-state index contributed by atoms with van der Waals surface area (Å²) in [6, 6.07) is 0. The molecule has 0 spiro atoms. The highest BCUT2D eigenvalue weighted by molar-refractivity contribution is 7.99. The van der Waals surface area contributed by atoms with Crippen molar-refractivity contribution >= 4 is 17.7 Å². The third-order valence-electron chi connectivity index (χ3n) is 3.77. The highest BCUT2D eigenvalue weighted by atomic mass is 32.2. The van der Waals surface area contributed by atoms with Gasteiger partial charge in [0.05, 0.1) is 26.7 Å². The first-order chi connectivity index (χ1) is 8.74. The van der Waals surface area contributed by atoms with E-state index < -0.39 is 0 Å². The second kappa shape index (κ2) is 6.78. The smallest absolute Gasteiger partial charge is 0.306 e. The van der Waals surface area contributed by atoms with Crippen molar-refractivity contribution in [3.63, 3.8) is 0 Å². The molecule has 1 saturated heterocycles. The molecule has 0 aromatic rings. The lowest BCUT2D eigenvalue weighted by molar-refractivity contribution is -0.141. The van der Waals surface area contributed by atoms with Gasteiger partial charge >= 0.3 is 5.97 Å². The summed E-state index contributed by atoms with van der Waals surface area (Å²) in [5, 5.41) is 0. The molecule has 1 aliphatic heterocycles. The van der Waals surface area contributed by atoms with Crippen LogP contribution in [0, 0.1) is 5.41 Å². The minimum absolute atomic E-state index is 0.0544. The fraction of sp³-hybridized carbons (Fsp3) is 0.923. The van der Waals surface area contributed by atoms with Gasteiger partial charge in [0.1, 0.15) is 0 Å². The molecule has 5 heteroatoms. The molecule has 1 saturated carbocycles. The van der Waals surface area contributed by atoms with Crippen LogP contribution in [0.4, 0.5) is 0 Å². The van der Waals surface area contributed by atoms with Crippen molar-refractivity contribution < 1.29 is 14.3 Å². The quantitative estimate of drug-likeness (QED) is 0.518. The first-order valence-electron chi connectivity index (χ1n) is 6.69. The van der Waals surface area contributed by atoms with Crippen LogP contribution in [-0.4, -0.2) is 62.3 Å². The summed E-state index contributed by atoms with van der Waals surface area (Å²) in [4.78, 5) is 13.7. The lowest BCUT2D eigenvalue weighted by atomic mass is 10.1. The monoisotopic (exact) mass is 273 g/mol. The lowest BCUT2D eigenvalue weighted by Gasteiger charge is -2.26. The molecule has 0 atom stereocenters. The molecule has 104 valence electrons. The second-order valence-electron chi connectivity index (χ2n) is 5.26. The third kappa shape index (κ3) is 4.44. The summed E-state index contributed by atoms with van der Waals surface area (Å²) < 4.78 is 10.1. The molecule has 1 aliphatic carbocycles. The van der Waals surface area contributed by atoms with Gasteiger partial charge in [-0.1, -0.05) is 0 Å². The molecule has 0 aromatic heterocycles. The molecule has 2 aliphatic rings. The Balaban J connectivity index is 1.56. The molecule has 2 rings (SSSR count). The minimum Gasteiger partial charge on any atom is -0.469 e. The van der Waals surface area contributed by atoms with E-state index in [1.54, 1.807) is 0 Å². The molecule has 0 aromatic carbocycles. The predicted molar refractivity (Wildman–Crippen MR) is 72.9 cm³/mol. The van der Waals surface area contributed by atoms with Crippen LogP contribution in [0.5, 0.6) is 0 Å². The Kier molecular flexibility index (Phi) is 5.33. The Bertz CT molecular complexity index is 275. The molecule has 0 N–H and O–H groups in total. The minimum atomic E-state index is -0.0544. The normalized spacial score (nSPS) is 22.7. The fourth-order valence-electron chi connectivity index (χ4n) is 2.23. The molecule has 0 amide bonds. The summed E-state index contributed by atoms with van der Waals surface area (Å²) in [5.41, 5.74) is 0.267. The van der Waals surface area contributed by atoms with E-state index in [0.717, 1.165) is 44.4 Å². The molecule has 1 heterocycles. The average Bonchev–Trinajstić information content (AvgIpc) is 3.16. The number of nitrogens with zero attached hydrogens (tertiary/aromatic N) is 1. The van der Waals surface area contributed by atoms with Crippen LogP contribution in [0.1, 0.15) is 19.3 Å². The van der Waals surface area contributed by atoms with Crippen molar-refractivity contribution in [1.82, 2.24) is 4.90 Å². The van der Waals surface area contributed by atoms with Gasteiger partial charge in [-0.2, -0.15) is 11.8 Å². The Morgan fingerprint density at radius 1 is 1.39 bits per heavy atom. The third-order valence-corrected chi connectivity index (χ3v) is 5.06. The van der Waals surface area contributed by atoms with Crippen molar-refractivity contribution in [1.29, 1.82) is 0 Å². The maximum Gasteiger partial charge on any atom is 0.306 e. The summed E-state index contributed by atoms with van der Waals surface area (Å²) in [7, 11) is 1.48. The second-order valence-corrected chi connectivity index (χ2v) is 6.36. The highest BCUT2D eigenvalue weighted by Gasteiger charge is 2.44. The van der Waals surface area contributed by atoms with Gasteiger partial charge in [0.2, 0.25) is 0 Å². The van der Waals surface area contributed by atoms with Gasteiger partial charge in [-0.25, -0.2) is 0 Å². The summed E-state index contributed by atoms with van der Waals surface area (Å²) >= 11 is 1.98. The van der Waals surface area contributed by atoms with Gasteiger partial charge in [-0.15, -0.1) is 0 Å². The first-order valence-corrected chi connectivity index (χ1v) is 7.84. The van der Waals surface area contributed by atoms with Gasteiger partial charge in [0.15, 0.2) is 0 Å². The maximum absolute atomic E-state index is 11.3. The van der Waals surface area contributed by atoms with Gasteiger partial charge < -0.3 is 9.47 Å². The molecule has 0 bridgehead atoms. The van der Waals surface area contributed by atoms with E-state index >= 15 is 0 Å². The molecule has 4 nitrogen and oxygen atoms in total. The molecule has 0 unspecified atom stereocenters. The number of hydrogen-bond acceptors (Lipinski definition) is 5. The SMILES string of the molecule is COC(=O)CC1(CSCCN2CCOCC2)CC1. The Hall–Kier alpha value is -0.260. The van der Waals surface area contributed by atoms with E-state index in [1.165, 1.54) is 20.0 Å². The van der Waals surface area contributed by atoms with Gasteiger partial charge in [-0.05, 0) is 24.0 Å². The van der Waals surface area contributed by atoms with Crippen molar-refractivity contribution in [3.8, 4) is 0 Å². The van der Waals surface area contributed by atoms with Crippen LogP contribution in [0.2, 0.25) is 0 Å². The fourth-order valence-corrected chi connectivity index (χ4v) is 3.59. The van der Waals surface area contributed by atoms with Crippen molar-refractivity contribution in [2.24, 2.45) is 5.41 Å². The van der Waals surface area contributed by atoms with E-state index in [4.69, 9.17) is 9.47 Å². The Morgan fingerprint density at radius 2 is 2.11 bits per heavy atom. The van der Waals surface area contributed by atoms with Gasteiger partial charge in [-0.3, -0.25) is 9.69 Å². The number of esters is 1. The van der Waals surface area contributed by atoms with E-state index in [1.807, 2.05) is 11.8 Å². The highest BCUT2D eigenvalue weighted by Crippen LogP contribution is 2.51. The van der Waals surface area contributed by atoms with E-state index in [0.29, 0.717) is 6.42 Å². The zero-order valence-electron chi connectivity index (χ0n) is 11.2. The Labute approximate surface area is 113 Å². The lowest BCUT2D eigenvalue weighted by Crippen LogP contribution is -2.37. The van der Waals surface area contributed by atoms with Crippen LogP contribution < -0.4 is 0 Å². The van der Waals surface area contributed by atoms with Crippen LogP contribution in [0.25, 0.3) is 0 Å². The molecule has 0 radical (unpaired) electrons. The first kappa shape index (κ1) is 14.2. The number of morpholine rings is 1. The largest absolute Gasteiger partial charge is 0.469 e. The van der Waals surface area contributed by atoms with E-state index in [-0.39, 0.29) is 11.4 Å². The summed E-state index contributed by atoms with van der Waals surface area (Å²) in [6.07, 6.45) is 2.98. The molecular weight excluding hydrogens is 250 g/mol. The zero-order valence-corrected chi connectivity index (χ0v) is 12.0. The number of methoxy groups -OCH3 is 1. The predicted octanol–water partition coefficient (Wildman–Crippen LogP) is 1.40. The number of rotatable bonds is 7. The average molecular weight is 273 g/mol. The van der Waals surface area contributed by atoms with E-state index in [2.05, 4.69) is 4.90 Å². The number of ether oxygens (including phenoxy) is 2. The van der Waals surface area contributed by atoms with Gasteiger partial charge in [0.25, 0.3) is 0 Å². The summed E-state index contributed by atoms with van der Waals surface area (Å²) in [5.74, 6) is 2.20. The van der Waals surface area contributed by atoms with E-state index in [9.17, 15) is 4.79 Å². The van der Waals surface area contributed by atoms with Crippen molar-refractivity contribution in [3.05, 3.63) is 0 Å². The van der Waals surface area contributed by atoms with Crippen LogP contribution >= 0.6 is 11.8 Å². The van der Waals surface area contributed by atoms with Crippen molar-refractivity contribution in [2.75, 3.05) is 51.5 Å². The maximum atomic E-state index is 11.3. The van der Waals surface area contributed by atoms with Crippen LogP contribution in [0.3, 0.4) is 0 Å². The topological polar surface area (TPSA) is 38.8 Å². The zero-order chi connectivity index (χ0) is 12.8. The van der Waals surface area contributed by atoms with Crippen LogP contribution in [0.15, 0.2) is 0 Å². The summed E-state index contributed by atoms with van der Waals surface area (Å²) in [6.45, 7) is 5.01. The van der Waals surface area contributed by atoms with Crippen molar-refractivity contribution in [2.45, 2.75) is 19.3 Å².